The molecule has 14 heavy (non-hydrogen) atoms. The fraction of sp³-hybridized carbons (Fsp3) is 0.364. The molecule has 1 fully saturated rings. The molecule has 2 aromatic rings. The summed E-state index contributed by atoms with van der Waals surface area (Å²) in [5.74, 6) is 2.49. The first-order chi connectivity index (χ1) is 6.75. The zero-order chi connectivity index (χ0) is 9.71. The van der Waals surface area contributed by atoms with Crippen LogP contribution in [0.5, 0.6) is 0 Å². The first-order valence-electron chi connectivity index (χ1n) is 4.90. The third kappa shape index (κ3) is 1.14. The maximum Gasteiger partial charge on any atom is 0.110 e. The molecule has 2 nitrogen and oxygen atoms in total. The van der Waals surface area contributed by atoms with Gasteiger partial charge in [0.25, 0.3) is 0 Å². The third-order valence-electron chi connectivity index (χ3n) is 2.94. The molecular weight excluding hydrogens is 196 g/mol. The van der Waals surface area contributed by atoms with Crippen molar-refractivity contribution in [1.29, 1.82) is 0 Å². The van der Waals surface area contributed by atoms with Gasteiger partial charge in [0.15, 0.2) is 0 Å². The van der Waals surface area contributed by atoms with Crippen LogP contribution in [0.2, 0.25) is 5.02 Å². The van der Waals surface area contributed by atoms with Gasteiger partial charge in [0.05, 0.1) is 10.5 Å². The maximum atomic E-state index is 6.05. The SMILES string of the molecule is CC1CC1c1nc2c(Cl)cccc2[nH]1. The average molecular weight is 207 g/mol. The number of fused-ring (bicyclic) bond motifs is 1. The smallest absolute Gasteiger partial charge is 0.110 e. The van der Waals surface area contributed by atoms with Crippen molar-refractivity contribution in [3.05, 3.63) is 29.0 Å². The Bertz CT molecular complexity index is 489. The standard InChI is InChI=1S/C11H11ClN2/c1-6-5-7(6)11-13-9-4-2-3-8(12)10(9)14-11/h2-4,6-7H,5H2,1H3,(H,13,14). The number of hydrogen-bond donors (Lipinski definition) is 1. The molecule has 1 heterocycles. The van der Waals surface area contributed by atoms with E-state index in [1.165, 1.54) is 6.42 Å². The van der Waals surface area contributed by atoms with Gasteiger partial charge in [-0.25, -0.2) is 4.98 Å². The Kier molecular flexibility index (Phi) is 1.62. The van der Waals surface area contributed by atoms with Crippen molar-refractivity contribution in [2.75, 3.05) is 0 Å². The van der Waals surface area contributed by atoms with Gasteiger partial charge in [-0.05, 0) is 24.5 Å². The molecule has 0 amide bonds. The summed E-state index contributed by atoms with van der Waals surface area (Å²) in [6.45, 7) is 2.25. The van der Waals surface area contributed by atoms with E-state index in [4.69, 9.17) is 11.6 Å². The average Bonchev–Trinajstić information content (AvgIpc) is 2.75. The highest BCUT2D eigenvalue weighted by Crippen LogP contribution is 2.46. The van der Waals surface area contributed by atoms with Gasteiger partial charge in [-0.3, -0.25) is 0 Å². The molecule has 0 saturated heterocycles. The second-order valence-electron chi connectivity index (χ2n) is 4.08. The molecule has 1 aliphatic carbocycles. The number of aromatic nitrogens is 2. The van der Waals surface area contributed by atoms with E-state index in [-0.39, 0.29) is 0 Å². The molecule has 0 bridgehead atoms. The van der Waals surface area contributed by atoms with E-state index in [0.29, 0.717) is 5.92 Å². The van der Waals surface area contributed by atoms with Crippen molar-refractivity contribution < 1.29 is 0 Å². The van der Waals surface area contributed by atoms with Gasteiger partial charge in [-0.1, -0.05) is 24.6 Å². The Hall–Kier alpha value is -1.02. The Labute approximate surface area is 87.3 Å². The number of H-pyrrole nitrogens is 1. The number of hydrogen-bond acceptors (Lipinski definition) is 1. The van der Waals surface area contributed by atoms with E-state index in [9.17, 15) is 0 Å². The zero-order valence-corrected chi connectivity index (χ0v) is 8.67. The Morgan fingerprint density at radius 2 is 2.29 bits per heavy atom. The largest absolute Gasteiger partial charge is 0.342 e. The van der Waals surface area contributed by atoms with Gasteiger partial charge in [0, 0.05) is 5.92 Å². The normalized spacial score (nSPS) is 25.6. The third-order valence-corrected chi connectivity index (χ3v) is 3.25. The van der Waals surface area contributed by atoms with Gasteiger partial charge < -0.3 is 4.98 Å². The number of halogens is 1. The Morgan fingerprint density at radius 3 is 2.93 bits per heavy atom. The summed E-state index contributed by atoms with van der Waals surface area (Å²) in [4.78, 5) is 7.87. The summed E-state index contributed by atoms with van der Waals surface area (Å²) < 4.78 is 0. The topological polar surface area (TPSA) is 28.7 Å². The van der Waals surface area contributed by atoms with E-state index in [1.54, 1.807) is 0 Å². The van der Waals surface area contributed by atoms with Crippen molar-refractivity contribution in [2.24, 2.45) is 5.92 Å². The molecule has 1 saturated carbocycles. The van der Waals surface area contributed by atoms with Crippen LogP contribution in [0.1, 0.15) is 25.1 Å². The minimum absolute atomic E-state index is 0.624. The quantitative estimate of drug-likeness (QED) is 0.762. The van der Waals surface area contributed by atoms with Crippen LogP contribution in [0, 0.1) is 5.92 Å². The van der Waals surface area contributed by atoms with E-state index in [0.717, 1.165) is 27.8 Å². The number of para-hydroxylation sites is 1. The van der Waals surface area contributed by atoms with Crippen LogP contribution in [-0.2, 0) is 0 Å². The van der Waals surface area contributed by atoms with Crippen LogP contribution >= 0.6 is 11.6 Å². The van der Waals surface area contributed by atoms with Gasteiger partial charge >= 0.3 is 0 Å². The first-order valence-corrected chi connectivity index (χ1v) is 5.27. The van der Waals surface area contributed by atoms with Crippen molar-refractivity contribution in [3.63, 3.8) is 0 Å². The predicted molar refractivity (Wildman–Crippen MR) is 57.6 cm³/mol. The number of aromatic amines is 1. The Balaban J connectivity index is 2.16. The second kappa shape index (κ2) is 2.74. The lowest BCUT2D eigenvalue weighted by Crippen LogP contribution is -1.82. The summed E-state index contributed by atoms with van der Waals surface area (Å²) >= 11 is 6.05. The Morgan fingerprint density at radius 1 is 1.50 bits per heavy atom. The van der Waals surface area contributed by atoms with E-state index < -0.39 is 0 Å². The molecule has 3 rings (SSSR count). The summed E-state index contributed by atoms with van der Waals surface area (Å²) in [7, 11) is 0. The summed E-state index contributed by atoms with van der Waals surface area (Å²) in [6.07, 6.45) is 1.25. The zero-order valence-electron chi connectivity index (χ0n) is 7.92. The van der Waals surface area contributed by atoms with Crippen LogP contribution in [0.25, 0.3) is 11.0 Å². The summed E-state index contributed by atoms with van der Waals surface area (Å²) in [5.41, 5.74) is 1.95. The fourth-order valence-corrected chi connectivity index (χ4v) is 2.11. The van der Waals surface area contributed by atoms with Crippen molar-refractivity contribution in [3.8, 4) is 0 Å². The lowest BCUT2D eigenvalue weighted by molar-refractivity contribution is 0.867. The molecule has 1 aromatic heterocycles. The van der Waals surface area contributed by atoms with Crippen molar-refractivity contribution >= 4 is 22.6 Å². The van der Waals surface area contributed by atoms with Crippen LogP contribution in [0.3, 0.4) is 0 Å². The van der Waals surface area contributed by atoms with E-state index in [2.05, 4.69) is 16.9 Å². The summed E-state index contributed by atoms with van der Waals surface area (Å²) in [6, 6.07) is 5.85. The van der Waals surface area contributed by atoms with Crippen LogP contribution in [-0.4, -0.2) is 9.97 Å². The van der Waals surface area contributed by atoms with Gasteiger partial charge in [-0.2, -0.15) is 0 Å². The molecule has 0 radical (unpaired) electrons. The number of benzene rings is 1. The monoisotopic (exact) mass is 206 g/mol. The van der Waals surface area contributed by atoms with Crippen LogP contribution in [0.15, 0.2) is 18.2 Å². The highest BCUT2D eigenvalue weighted by atomic mass is 35.5. The minimum atomic E-state index is 0.624. The lowest BCUT2D eigenvalue weighted by atomic mass is 10.3. The van der Waals surface area contributed by atoms with Crippen molar-refractivity contribution in [2.45, 2.75) is 19.3 Å². The van der Waals surface area contributed by atoms with Crippen LogP contribution < -0.4 is 0 Å². The predicted octanol–water partition coefficient (Wildman–Crippen LogP) is 3.34. The van der Waals surface area contributed by atoms with Crippen LogP contribution in [0.4, 0.5) is 0 Å². The molecule has 0 aliphatic heterocycles. The molecule has 2 unspecified atom stereocenters. The van der Waals surface area contributed by atoms with E-state index in [1.807, 2.05) is 18.2 Å². The number of nitrogens with one attached hydrogen (secondary N) is 1. The molecular formula is C11H11ClN2. The number of nitrogens with zero attached hydrogens (tertiary/aromatic N) is 1. The summed E-state index contributed by atoms with van der Waals surface area (Å²) in [5, 5.41) is 0.735. The van der Waals surface area contributed by atoms with E-state index >= 15 is 0 Å². The molecule has 1 aromatic carbocycles. The van der Waals surface area contributed by atoms with Gasteiger partial charge in [0.1, 0.15) is 11.3 Å². The fourth-order valence-electron chi connectivity index (χ4n) is 1.89. The van der Waals surface area contributed by atoms with Gasteiger partial charge in [-0.15, -0.1) is 0 Å². The highest BCUT2D eigenvalue weighted by molar-refractivity contribution is 6.34. The molecule has 2 atom stereocenters. The second-order valence-corrected chi connectivity index (χ2v) is 4.48. The molecule has 72 valence electrons. The van der Waals surface area contributed by atoms with Crippen molar-refractivity contribution in [1.82, 2.24) is 9.97 Å². The number of rotatable bonds is 1. The van der Waals surface area contributed by atoms with Gasteiger partial charge in [0.2, 0.25) is 0 Å². The molecule has 3 heteroatoms. The number of imidazole rings is 1. The molecule has 1 aliphatic rings. The highest BCUT2D eigenvalue weighted by Gasteiger charge is 2.36. The maximum absolute atomic E-state index is 6.05. The molecule has 1 N–H and O–H groups in total. The lowest BCUT2D eigenvalue weighted by Gasteiger charge is -1.88. The molecule has 0 spiro atoms. The minimum Gasteiger partial charge on any atom is -0.342 e. The first kappa shape index (κ1) is 8.30.